The molecule has 0 heterocycles. The van der Waals surface area contributed by atoms with Crippen LogP contribution in [0.25, 0.3) is 0 Å². The van der Waals surface area contributed by atoms with Crippen molar-refractivity contribution in [1.82, 2.24) is 0 Å². The topological polar surface area (TPSA) is 99.6 Å². The first-order valence-corrected chi connectivity index (χ1v) is 3.18. The first-order valence-electron chi connectivity index (χ1n) is 3.18. The molecule has 1 rings (SSSR count). The van der Waals surface area contributed by atoms with Gasteiger partial charge < -0.3 is 11.5 Å². The number of nitrogens with zero attached hydrogens (tertiary/aromatic N) is 2. The van der Waals surface area contributed by atoms with Gasteiger partial charge in [0.1, 0.15) is 12.1 Å². The van der Waals surface area contributed by atoms with Crippen molar-refractivity contribution >= 4 is 11.4 Å². The SMILES string of the molecule is N#Cc1cc(N)c(C#N)cc1N. The fourth-order valence-corrected chi connectivity index (χ4v) is 0.827. The molecule has 0 bridgehead atoms. The Hall–Kier alpha value is -2.20. The van der Waals surface area contributed by atoms with Crippen LogP contribution in [-0.2, 0) is 0 Å². The van der Waals surface area contributed by atoms with Crippen LogP contribution in [0.1, 0.15) is 11.1 Å². The number of rotatable bonds is 0. The van der Waals surface area contributed by atoms with Crippen LogP contribution in [0, 0.1) is 22.7 Å². The molecule has 0 aliphatic carbocycles. The van der Waals surface area contributed by atoms with Gasteiger partial charge >= 0.3 is 0 Å². The van der Waals surface area contributed by atoms with Gasteiger partial charge in [0.2, 0.25) is 0 Å². The molecule has 0 aliphatic rings. The number of benzene rings is 1. The van der Waals surface area contributed by atoms with Gasteiger partial charge in [-0.1, -0.05) is 0 Å². The fraction of sp³-hybridized carbons (Fsp3) is 0. The Labute approximate surface area is 69.6 Å². The van der Waals surface area contributed by atoms with E-state index in [1.54, 1.807) is 0 Å². The van der Waals surface area contributed by atoms with Gasteiger partial charge in [-0.3, -0.25) is 0 Å². The molecule has 0 unspecified atom stereocenters. The van der Waals surface area contributed by atoms with Crippen LogP contribution in [-0.4, -0.2) is 0 Å². The summed E-state index contributed by atoms with van der Waals surface area (Å²) in [6.07, 6.45) is 0. The van der Waals surface area contributed by atoms with Gasteiger partial charge in [-0.15, -0.1) is 0 Å². The predicted octanol–water partition coefficient (Wildman–Crippen LogP) is 0.594. The largest absolute Gasteiger partial charge is 0.398 e. The second-order valence-corrected chi connectivity index (χ2v) is 2.25. The molecule has 12 heavy (non-hydrogen) atoms. The maximum Gasteiger partial charge on any atom is 0.101 e. The Morgan fingerprint density at radius 3 is 1.50 bits per heavy atom. The van der Waals surface area contributed by atoms with Gasteiger partial charge in [-0.2, -0.15) is 10.5 Å². The molecular weight excluding hydrogens is 152 g/mol. The Kier molecular flexibility index (Phi) is 1.85. The van der Waals surface area contributed by atoms with E-state index in [1.165, 1.54) is 12.1 Å². The van der Waals surface area contributed by atoms with E-state index >= 15 is 0 Å². The summed E-state index contributed by atoms with van der Waals surface area (Å²) < 4.78 is 0. The van der Waals surface area contributed by atoms with E-state index in [0.717, 1.165) is 0 Å². The minimum atomic E-state index is 0.281. The van der Waals surface area contributed by atoms with E-state index in [-0.39, 0.29) is 11.4 Å². The number of nitrogens with two attached hydrogens (primary N) is 2. The molecule has 0 amide bonds. The highest BCUT2D eigenvalue weighted by Gasteiger charge is 2.03. The molecule has 0 atom stereocenters. The number of nitriles is 2. The molecule has 58 valence electrons. The fourth-order valence-electron chi connectivity index (χ4n) is 0.827. The molecule has 0 saturated carbocycles. The van der Waals surface area contributed by atoms with Gasteiger partial charge in [0, 0.05) is 0 Å². The molecule has 0 fully saturated rings. The number of nitrogen functional groups attached to an aromatic ring is 2. The van der Waals surface area contributed by atoms with E-state index in [0.29, 0.717) is 11.1 Å². The Bertz CT molecular complexity index is 355. The highest BCUT2D eigenvalue weighted by Crippen LogP contribution is 2.19. The van der Waals surface area contributed by atoms with Gasteiger partial charge in [0.15, 0.2) is 0 Å². The maximum absolute atomic E-state index is 8.54. The van der Waals surface area contributed by atoms with E-state index < -0.39 is 0 Å². The second kappa shape index (κ2) is 2.81. The zero-order valence-corrected chi connectivity index (χ0v) is 6.20. The van der Waals surface area contributed by atoms with Crippen molar-refractivity contribution in [3.63, 3.8) is 0 Å². The molecular formula is C8H6N4. The first kappa shape index (κ1) is 7.90. The van der Waals surface area contributed by atoms with Crippen molar-refractivity contribution in [3.8, 4) is 12.1 Å². The van der Waals surface area contributed by atoms with Gasteiger partial charge in [0.25, 0.3) is 0 Å². The summed E-state index contributed by atoms with van der Waals surface area (Å²) in [5.74, 6) is 0. The number of hydrogen-bond donors (Lipinski definition) is 2. The summed E-state index contributed by atoms with van der Waals surface area (Å²) in [6, 6.07) is 6.54. The third-order valence-corrected chi connectivity index (χ3v) is 1.46. The molecule has 4 nitrogen and oxygen atoms in total. The van der Waals surface area contributed by atoms with Crippen LogP contribution < -0.4 is 11.5 Å². The quantitative estimate of drug-likeness (QED) is 0.540. The zero-order chi connectivity index (χ0) is 9.14. The van der Waals surface area contributed by atoms with Crippen molar-refractivity contribution in [2.75, 3.05) is 11.5 Å². The molecule has 0 saturated heterocycles. The molecule has 0 radical (unpaired) electrons. The summed E-state index contributed by atoms with van der Waals surface area (Å²) in [5, 5.41) is 17.1. The summed E-state index contributed by atoms with van der Waals surface area (Å²) in [7, 11) is 0. The van der Waals surface area contributed by atoms with E-state index in [9.17, 15) is 0 Å². The van der Waals surface area contributed by atoms with Crippen molar-refractivity contribution in [3.05, 3.63) is 23.3 Å². The Balaban J connectivity index is 3.41. The lowest BCUT2D eigenvalue weighted by molar-refractivity contribution is 1.45. The van der Waals surface area contributed by atoms with E-state index in [1.807, 2.05) is 12.1 Å². The van der Waals surface area contributed by atoms with Crippen molar-refractivity contribution < 1.29 is 0 Å². The lowest BCUT2D eigenvalue weighted by Gasteiger charge is -2.00. The average Bonchev–Trinajstić information content (AvgIpc) is 2.08. The second-order valence-electron chi connectivity index (χ2n) is 2.25. The number of anilines is 2. The maximum atomic E-state index is 8.54. The smallest absolute Gasteiger partial charge is 0.101 e. The molecule has 4 heteroatoms. The lowest BCUT2D eigenvalue weighted by atomic mass is 10.1. The van der Waals surface area contributed by atoms with Crippen LogP contribution >= 0.6 is 0 Å². The summed E-state index contributed by atoms with van der Waals surface area (Å²) in [5.41, 5.74) is 12.1. The van der Waals surface area contributed by atoms with Gasteiger partial charge in [-0.05, 0) is 12.1 Å². The van der Waals surface area contributed by atoms with Gasteiger partial charge in [0.05, 0.1) is 22.5 Å². The normalized spacial score (nSPS) is 8.50. The van der Waals surface area contributed by atoms with Crippen LogP contribution in [0.2, 0.25) is 0 Å². The third kappa shape index (κ3) is 1.14. The monoisotopic (exact) mass is 158 g/mol. The van der Waals surface area contributed by atoms with Crippen molar-refractivity contribution in [2.45, 2.75) is 0 Å². The summed E-state index contributed by atoms with van der Waals surface area (Å²) in [4.78, 5) is 0. The minimum absolute atomic E-state index is 0.281. The molecule has 1 aromatic rings. The Morgan fingerprint density at radius 1 is 0.917 bits per heavy atom. The highest BCUT2D eigenvalue weighted by atomic mass is 14.6. The van der Waals surface area contributed by atoms with Gasteiger partial charge in [-0.25, -0.2) is 0 Å². The van der Waals surface area contributed by atoms with E-state index in [2.05, 4.69) is 0 Å². The molecule has 4 N–H and O–H groups in total. The minimum Gasteiger partial charge on any atom is -0.398 e. The molecule has 0 aliphatic heterocycles. The molecule has 1 aromatic carbocycles. The van der Waals surface area contributed by atoms with Crippen LogP contribution in [0.5, 0.6) is 0 Å². The van der Waals surface area contributed by atoms with Crippen LogP contribution in [0.3, 0.4) is 0 Å². The standard InChI is InChI=1S/C8H6N4/c9-3-5-1-7(11)6(4-10)2-8(5)12/h1-2H,11-12H2. The predicted molar refractivity (Wildman–Crippen MR) is 44.7 cm³/mol. The van der Waals surface area contributed by atoms with Crippen molar-refractivity contribution in [1.29, 1.82) is 10.5 Å². The van der Waals surface area contributed by atoms with E-state index in [4.69, 9.17) is 22.0 Å². The zero-order valence-electron chi connectivity index (χ0n) is 6.20. The molecule has 0 spiro atoms. The highest BCUT2D eigenvalue weighted by molar-refractivity contribution is 5.67. The average molecular weight is 158 g/mol. The molecule has 0 aromatic heterocycles. The first-order chi connectivity index (χ1) is 5.69. The Morgan fingerprint density at radius 2 is 1.25 bits per heavy atom. The summed E-state index contributed by atoms with van der Waals surface area (Å²) in [6.45, 7) is 0. The third-order valence-electron chi connectivity index (χ3n) is 1.46. The number of hydrogen-bond acceptors (Lipinski definition) is 4. The van der Waals surface area contributed by atoms with Crippen LogP contribution in [0.15, 0.2) is 12.1 Å². The van der Waals surface area contributed by atoms with Crippen LogP contribution in [0.4, 0.5) is 11.4 Å². The summed E-state index contributed by atoms with van der Waals surface area (Å²) >= 11 is 0. The lowest BCUT2D eigenvalue weighted by Crippen LogP contribution is -1.96. The van der Waals surface area contributed by atoms with Crippen molar-refractivity contribution in [2.24, 2.45) is 0 Å².